The topological polar surface area (TPSA) is 66.5 Å². The third-order valence-corrected chi connectivity index (χ3v) is 3.83. The van der Waals surface area contributed by atoms with Crippen LogP contribution < -0.4 is 9.62 Å². The Hall–Kier alpha value is -1.77. The van der Waals surface area contributed by atoms with Crippen LogP contribution in [0.1, 0.15) is 26.3 Å². The molecule has 0 fully saturated rings. The largest absolute Gasteiger partial charge is 0.416 e. The van der Waals surface area contributed by atoms with E-state index in [0.29, 0.717) is 0 Å². The molecule has 0 aliphatic carbocycles. The van der Waals surface area contributed by atoms with Crippen LogP contribution in [0.25, 0.3) is 0 Å². The number of nitrogens with zero attached hydrogens (tertiary/aromatic N) is 1. The van der Waals surface area contributed by atoms with Gasteiger partial charge in [-0.1, -0.05) is 0 Å². The number of sulfonamides is 1. The molecule has 5 nitrogen and oxygen atoms in total. The maximum atomic E-state index is 12.6. The van der Waals surface area contributed by atoms with Crippen LogP contribution in [0.15, 0.2) is 24.3 Å². The number of carbonyl (C=O) groups is 1. The summed E-state index contributed by atoms with van der Waals surface area (Å²) in [5, 5.41) is 2.60. The molecule has 0 spiro atoms. The van der Waals surface area contributed by atoms with Crippen LogP contribution >= 0.6 is 0 Å². The molecule has 0 radical (unpaired) electrons. The van der Waals surface area contributed by atoms with E-state index in [1.54, 1.807) is 20.8 Å². The van der Waals surface area contributed by atoms with Gasteiger partial charge >= 0.3 is 6.18 Å². The maximum absolute atomic E-state index is 12.6. The van der Waals surface area contributed by atoms with Gasteiger partial charge in [-0.25, -0.2) is 8.42 Å². The summed E-state index contributed by atoms with van der Waals surface area (Å²) in [7, 11) is -3.83. The molecule has 0 saturated carbocycles. The Morgan fingerprint density at radius 1 is 1.13 bits per heavy atom. The summed E-state index contributed by atoms with van der Waals surface area (Å²) in [4.78, 5) is 11.9. The van der Waals surface area contributed by atoms with Gasteiger partial charge in [0, 0.05) is 5.54 Å². The highest BCUT2D eigenvalue weighted by atomic mass is 32.2. The number of nitrogens with one attached hydrogen (secondary N) is 1. The Bertz CT molecular complexity index is 662. The van der Waals surface area contributed by atoms with Gasteiger partial charge in [-0.05, 0) is 45.0 Å². The van der Waals surface area contributed by atoms with E-state index in [1.165, 1.54) is 0 Å². The third-order valence-electron chi connectivity index (χ3n) is 2.68. The molecule has 1 amide bonds. The molecule has 1 rings (SSSR count). The van der Waals surface area contributed by atoms with Crippen molar-refractivity contribution in [3.05, 3.63) is 29.8 Å². The summed E-state index contributed by atoms with van der Waals surface area (Å²) in [5.41, 5.74) is -1.46. The lowest BCUT2D eigenvalue weighted by molar-refractivity contribution is -0.137. The highest BCUT2D eigenvalue weighted by Gasteiger charge is 2.31. The molecule has 1 N–H and O–H groups in total. The van der Waals surface area contributed by atoms with E-state index < -0.39 is 39.8 Å². The molecular weight excluding hydrogens is 333 g/mol. The summed E-state index contributed by atoms with van der Waals surface area (Å²) in [6, 6.07) is 3.59. The molecule has 9 heteroatoms. The number of benzene rings is 1. The molecule has 1 aromatic rings. The van der Waals surface area contributed by atoms with Gasteiger partial charge in [0.25, 0.3) is 0 Å². The number of halogens is 3. The van der Waals surface area contributed by atoms with Crippen molar-refractivity contribution < 1.29 is 26.4 Å². The van der Waals surface area contributed by atoms with Crippen molar-refractivity contribution in [2.45, 2.75) is 32.5 Å². The molecule has 23 heavy (non-hydrogen) atoms. The molecule has 1 aromatic carbocycles. The summed E-state index contributed by atoms with van der Waals surface area (Å²) in [6.45, 7) is 4.68. The third kappa shape index (κ3) is 6.09. The zero-order chi connectivity index (χ0) is 18.1. The highest BCUT2D eigenvalue weighted by molar-refractivity contribution is 7.92. The number of anilines is 1. The van der Waals surface area contributed by atoms with Crippen LogP contribution in [0.3, 0.4) is 0 Å². The van der Waals surface area contributed by atoms with E-state index in [2.05, 4.69) is 5.32 Å². The predicted molar refractivity (Wildman–Crippen MR) is 81.5 cm³/mol. The normalized spacial score (nSPS) is 12.8. The Balaban J connectivity index is 3.07. The standard InChI is InChI=1S/C14H19F3N2O3S/c1-13(2,3)18-12(20)9-19(23(4,21)22)11-7-5-10(6-8-11)14(15,16)17/h5-8H,9H2,1-4H3,(H,18,20). The van der Waals surface area contributed by atoms with Crippen LogP contribution in [0.4, 0.5) is 18.9 Å². The summed E-state index contributed by atoms with van der Waals surface area (Å²) in [5.74, 6) is -0.553. The van der Waals surface area contributed by atoms with Crippen LogP contribution in [0.2, 0.25) is 0 Å². The molecule has 0 atom stereocenters. The lowest BCUT2D eigenvalue weighted by atomic mass is 10.1. The van der Waals surface area contributed by atoms with Gasteiger partial charge in [-0.15, -0.1) is 0 Å². The average Bonchev–Trinajstić information content (AvgIpc) is 2.31. The molecule has 0 aliphatic heterocycles. The first-order chi connectivity index (χ1) is 10.2. The Labute approximate surface area is 133 Å². The second-order valence-electron chi connectivity index (χ2n) is 6.11. The summed E-state index contributed by atoms with van der Waals surface area (Å²) in [6.07, 6.45) is -3.63. The quantitative estimate of drug-likeness (QED) is 0.905. The van der Waals surface area contributed by atoms with Crippen LogP contribution in [-0.4, -0.2) is 32.7 Å². The smallest absolute Gasteiger partial charge is 0.350 e. The van der Waals surface area contributed by atoms with E-state index in [1.807, 2.05) is 0 Å². The van der Waals surface area contributed by atoms with Crippen LogP contribution in [0, 0.1) is 0 Å². The number of rotatable bonds is 4. The fourth-order valence-electron chi connectivity index (χ4n) is 1.80. The minimum Gasteiger partial charge on any atom is -0.350 e. The first-order valence-corrected chi connectivity index (χ1v) is 8.51. The first kappa shape index (κ1) is 19.3. The number of hydrogen-bond donors (Lipinski definition) is 1. The predicted octanol–water partition coefficient (Wildman–Crippen LogP) is 2.39. The second kappa shape index (κ2) is 6.38. The van der Waals surface area contributed by atoms with Gasteiger partial charge in [0.1, 0.15) is 6.54 Å². The van der Waals surface area contributed by atoms with Crippen molar-refractivity contribution in [1.29, 1.82) is 0 Å². The minimum atomic E-state index is -4.52. The minimum absolute atomic E-state index is 0.00967. The van der Waals surface area contributed by atoms with Gasteiger partial charge in [0.05, 0.1) is 17.5 Å². The molecular formula is C14H19F3N2O3S. The lowest BCUT2D eigenvalue weighted by Crippen LogP contribution is -2.47. The van der Waals surface area contributed by atoms with Gasteiger partial charge in [-0.3, -0.25) is 9.10 Å². The van der Waals surface area contributed by atoms with E-state index in [-0.39, 0.29) is 5.69 Å². The number of hydrogen-bond acceptors (Lipinski definition) is 3. The maximum Gasteiger partial charge on any atom is 0.416 e. The van der Waals surface area contributed by atoms with Crippen molar-refractivity contribution in [2.75, 3.05) is 17.1 Å². The van der Waals surface area contributed by atoms with E-state index in [0.717, 1.165) is 34.8 Å². The Morgan fingerprint density at radius 2 is 1.61 bits per heavy atom. The summed E-state index contributed by atoms with van der Waals surface area (Å²) < 4.78 is 62.1. The number of amides is 1. The number of carbonyl (C=O) groups excluding carboxylic acids is 1. The lowest BCUT2D eigenvalue weighted by Gasteiger charge is -2.26. The van der Waals surface area contributed by atoms with E-state index in [4.69, 9.17) is 0 Å². The molecule has 0 heterocycles. The SMILES string of the molecule is CC(C)(C)NC(=O)CN(c1ccc(C(F)(F)F)cc1)S(C)(=O)=O. The van der Waals surface area contributed by atoms with Gasteiger partial charge in [0.2, 0.25) is 15.9 Å². The van der Waals surface area contributed by atoms with Crippen molar-refractivity contribution in [3.8, 4) is 0 Å². The zero-order valence-corrected chi connectivity index (χ0v) is 14.0. The van der Waals surface area contributed by atoms with E-state index >= 15 is 0 Å². The van der Waals surface area contributed by atoms with Crippen LogP contribution in [0.5, 0.6) is 0 Å². The molecule has 0 aliphatic rings. The van der Waals surface area contributed by atoms with Crippen molar-refractivity contribution in [2.24, 2.45) is 0 Å². The van der Waals surface area contributed by atoms with Gasteiger partial charge in [0.15, 0.2) is 0 Å². The molecule has 130 valence electrons. The highest BCUT2D eigenvalue weighted by Crippen LogP contribution is 2.30. The second-order valence-corrected chi connectivity index (χ2v) is 8.02. The van der Waals surface area contributed by atoms with Crippen LogP contribution in [-0.2, 0) is 21.0 Å². The van der Waals surface area contributed by atoms with E-state index in [9.17, 15) is 26.4 Å². The zero-order valence-electron chi connectivity index (χ0n) is 13.2. The molecule has 0 unspecified atom stereocenters. The fourth-order valence-corrected chi connectivity index (χ4v) is 2.66. The Kier molecular flexibility index (Phi) is 5.35. The first-order valence-electron chi connectivity index (χ1n) is 6.66. The monoisotopic (exact) mass is 352 g/mol. The molecule has 0 aromatic heterocycles. The Morgan fingerprint density at radius 3 is 1.96 bits per heavy atom. The molecule has 0 saturated heterocycles. The van der Waals surface area contributed by atoms with Gasteiger partial charge in [-0.2, -0.15) is 13.2 Å². The van der Waals surface area contributed by atoms with Crippen molar-refractivity contribution in [1.82, 2.24) is 5.32 Å². The average molecular weight is 352 g/mol. The fraction of sp³-hybridized carbons (Fsp3) is 0.500. The van der Waals surface area contributed by atoms with Crippen molar-refractivity contribution >= 4 is 21.6 Å². The molecule has 0 bridgehead atoms. The number of alkyl halides is 3. The van der Waals surface area contributed by atoms with Gasteiger partial charge < -0.3 is 5.32 Å². The van der Waals surface area contributed by atoms with Crippen molar-refractivity contribution in [3.63, 3.8) is 0 Å². The summed E-state index contributed by atoms with van der Waals surface area (Å²) >= 11 is 0.